The molecule has 1 heterocycles. The van der Waals surface area contributed by atoms with Crippen LogP contribution in [0, 0.1) is 0 Å². The van der Waals surface area contributed by atoms with Crippen molar-refractivity contribution < 1.29 is 28.5 Å². The summed E-state index contributed by atoms with van der Waals surface area (Å²) < 4.78 is 21.7. The standard InChI is InChI=1S/C20H29NO6/c1-20(2,3)27-19(23)21-12-10-14(11-13-21)26-17(18(22)25-5)15-8-6-7-9-16(15)24-4/h6-9,14,17H,10-13H2,1-5H3. The molecule has 1 fully saturated rings. The van der Waals surface area contributed by atoms with Crippen LogP contribution in [-0.2, 0) is 19.0 Å². The van der Waals surface area contributed by atoms with Gasteiger partial charge in [0.2, 0.25) is 0 Å². The molecule has 0 saturated carbocycles. The molecule has 27 heavy (non-hydrogen) atoms. The Morgan fingerprint density at radius 3 is 2.30 bits per heavy atom. The van der Waals surface area contributed by atoms with Gasteiger partial charge in [-0.25, -0.2) is 9.59 Å². The molecule has 150 valence electrons. The predicted molar refractivity (Wildman–Crippen MR) is 99.7 cm³/mol. The Bertz CT molecular complexity index is 646. The first-order chi connectivity index (χ1) is 12.7. The number of hydrogen-bond acceptors (Lipinski definition) is 6. The summed E-state index contributed by atoms with van der Waals surface area (Å²) in [5.41, 5.74) is 0.103. The second-order valence-corrected chi connectivity index (χ2v) is 7.45. The molecule has 7 heteroatoms. The minimum atomic E-state index is -0.871. The lowest BCUT2D eigenvalue weighted by atomic mass is 10.1. The Labute approximate surface area is 160 Å². The summed E-state index contributed by atoms with van der Waals surface area (Å²) >= 11 is 0. The van der Waals surface area contributed by atoms with Crippen molar-refractivity contribution in [2.24, 2.45) is 0 Å². The quantitative estimate of drug-likeness (QED) is 0.731. The topological polar surface area (TPSA) is 74.3 Å². The zero-order valence-corrected chi connectivity index (χ0v) is 16.7. The van der Waals surface area contributed by atoms with E-state index in [2.05, 4.69) is 0 Å². The number of nitrogens with zero attached hydrogens (tertiary/aromatic N) is 1. The fraction of sp³-hybridized carbons (Fsp3) is 0.600. The van der Waals surface area contributed by atoms with E-state index in [9.17, 15) is 9.59 Å². The van der Waals surface area contributed by atoms with Crippen LogP contribution in [0.1, 0.15) is 45.3 Å². The maximum absolute atomic E-state index is 12.3. The molecule has 1 aliphatic heterocycles. The van der Waals surface area contributed by atoms with Gasteiger partial charge in [0, 0.05) is 18.7 Å². The number of para-hydroxylation sites is 1. The van der Waals surface area contributed by atoms with Crippen molar-refractivity contribution in [1.29, 1.82) is 0 Å². The van der Waals surface area contributed by atoms with E-state index >= 15 is 0 Å². The Hall–Kier alpha value is -2.28. The average Bonchev–Trinajstić information content (AvgIpc) is 2.64. The molecule has 1 saturated heterocycles. The summed E-state index contributed by atoms with van der Waals surface area (Å²) in [6.45, 7) is 6.55. The number of carbonyl (C=O) groups excluding carboxylic acids is 2. The van der Waals surface area contributed by atoms with Crippen molar-refractivity contribution in [2.45, 2.75) is 51.4 Å². The minimum Gasteiger partial charge on any atom is -0.496 e. The zero-order chi connectivity index (χ0) is 20.0. The lowest BCUT2D eigenvalue weighted by Crippen LogP contribution is -2.44. The van der Waals surface area contributed by atoms with E-state index in [1.54, 1.807) is 24.1 Å². The first kappa shape index (κ1) is 21.0. The first-order valence-corrected chi connectivity index (χ1v) is 9.09. The van der Waals surface area contributed by atoms with Gasteiger partial charge in [-0.05, 0) is 39.7 Å². The van der Waals surface area contributed by atoms with Crippen molar-refractivity contribution in [3.8, 4) is 5.75 Å². The SMILES string of the molecule is COC(=O)C(OC1CCN(C(=O)OC(C)(C)C)CC1)c1ccccc1OC. The maximum Gasteiger partial charge on any atom is 0.410 e. The molecule has 0 aliphatic carbocycles. The lowest BCUT2D eigenvalue weighted by molar-refractivity contribution is -0.160. The molecule has 1 unspecified atom stereocenters. The Morgan fingerprint density at radius 1 is 1.11 bits per heavy atom. The normalized spacial score (nSPS) is 16.6. The van der Waals surface area contributed by atoms with Gasteiger partial charge in [-0.2, -0.15) is 0 Å². The van der Waals surface area contributed by atoms with Crippen LogP contribution in [0.5, 0.6) is 5.75 Å². The third kappa shape index (κ3) is 5.85. The van der Waals surface area contributed by atoms with Crippen molar-refractivity contribution in [3.05, 3.63) is 29.8 Å². The van der Waals surface area contributed by atoms with Gasteiger partial charge in [0.05, 0.1) is 20.3 Å². The van der Waals surface area contributed by atoms with Gasteiger partial charge in [0.15, 0.2) is 6.10 Å². The number of benzene rings is 1. The van der Waals surface area contributed by atoms with Crippen LogP contribution in [0.3, 0.4) is 0 Å². The number of carbonyl (C=O) groups is 2. The second kappa shape index (κ2) is 9.08. The highest BCUT2D eigenvalue weighted by Crippen LogP contribution is 2.31. The van der Waals surface area contributed by atoms with Crippen LogP contribution >= 0.6 is 0 Å². The number of rotatable bonds is 5. The molecule has 0 aromatic heterocycles. The fourth-order valence-electron chi connectivity index (χ4n) is 2.94. The van der Waals surface area contributed by atoms with Crippen LogP contribution in [0.2, 0.25) is 0 Å². The number of piperidine rings is 1. The van der Waals surface area contributed by atoms with Gasteiger partial charge in [-0.1, -0.05) is 18.2 Å². The molecule has 1 aromatic carbocycles. The Morgan fingerprint density at radius 2 is 1.74 bits per heavy atom. The predicted octanol–water partition coefficient (Wildman–Crippen LogP) is 3.33. The molecular weight excluding hydrogens is 350 g/mol. The summed E-state index contributed by atoms with van der Waals surface area (Å²) in [5, 5.41) is 0. The van der Waals surface area contributed by atoms with E-state index in [1.807, 2.05) is 32.9 Å². The van der Waals surface area contributed by atoms with Crippen molar-refractivity contribution in [1.82, 2.24) is 4.90 Å². The number of amides is 1. The van der Waals surface area contributed by atoms with E-state index in [-0.39, 0.29) is 12.2 Å². The molecular formula is C20H29NO6. The average molecular weight is 379 g/mol. The molecule has 0 spiro atoms. The molecule has 0 bridgehead atoms. The van der Waals surface area contributed by atoms with Gasteiger partial charge in [0.25, 0.3) is 0 Å². The fourth-order valence-corrected chi connectivity index (χ4v) is 2.94. The largest absolute Gasteiger partial charge is 0.496 e. The van der Waals surface area contributed by atoms with Gasteiger partial charge in [0.1, 0.15) is 11.4 Å². The number of esters is 1. The van der Waals surface area contributed by atoms with E-state index in [1.165, 1.54) is 7.11 Å². The highest BCUT2D eigenvalue weighted by Gasteiger charge is 2.32. The van der Waals surface area contributed by atoms with Crippen LogP contribution in [0.15, 0.2) is 24.3 Å². The first-order valence-electron chi connectivity index (χ1n) is 9.09. The van der Waals surface area contributed by atoms with Gasteiger partial charge in [-0.15, -0.1) is 0 Å². The summed E-state index contributed by atoms with van der Waals surface area (Å²) in [6, 6.07) is 7.22. The molecule has 0 radical (unpaired) electrons. The van der Waals surface area contributed by atoms with Crippen LogP contribution in [0.25, 0.3) is 0 Å². The monoisotopic (exact) mass is 379 g/mol. The zero-order valence-electron chi connectivity index (χ0n) is 16.7. The summed E-state index contributed by atoms with van der Waals surface area (Å²) in [6.07, 6.45) is -0.138. The molecule has 1 atom stereocenters. The molecule has 1 aliphatic rings. The van der Waals surface area contributed by atoms with Crippen molar-refractivity contribution in [2.75, 3.05) is 27.3 Å². The number of methoxy groups -OCH3 is 2. The van der Waals surface area contributed by atoms with Crippen LogP contribution in [-0.4, -0.2) is 56.0 Å². The van der Waals surface area contributed by atoms with Crippen molar-refractivity contribution in [3.63, 3.8) is 0 Å². The van der Waals surface area contributed by atoms with E-state index < -0.39 is 17.7 Å². The third-order valence-electron chi connectivity index (χ3n) is 4.26. The summed E-state index contributed by atoms with van der Waals surface area (Å²) in [5.74, 6) is 0.0909. The highest BCUT2D eigenvalue weighted by atomic mass is 16.6. The van der Waals surface area contributed by atoms with Gasteiger partial charge >= 0.3 is 12.1 Å². The van der Waals surface area contributed by atoms with Crippen molar-refractivity contribution >= 4 is 12.1 Å². The number of likely N-dealkylation sites (tertiary alicyclic amines) is 1. The third-order valence-corrected chi connectivity index (χ3v) is 4.26. The second-order valence-electron chi connectivity index (χ2n) is 7.45. The summed E-state index contributed by atoms with van der Waals surface area (Å²) in [7, 11) is 2.88. The Balaban J connectivity index is 2.02. The number of ether oxygens (including phenoxy) is 4. The maximum atomic E-state index is 12.3. The van der Waals surface area contributed by atoms with Crippen LogP contribution < -0.4 is 4.74 Å². The Kier molecular flexibility index (Phi) is 7.07. The van der Waals surface area contributed by atoms with E-state index in [0.29, 0.717) is 37.2 Å². The van der Waals surface area contributed by atoms with E-state index in [0.717, 1.165) is 0 Å². The smallest absolute Gasteiger partial charge is 0.410 e. The lowest BCUT2D eigenvalue weighted by Gasteiger charge is -2.34. The van der Waals surface area contributed by atoms with Gasteiger partial charge < -0.3 is 23.8 Å². The molecule has 2 rings (SSSR count). The minimum absolute atomic E-state index is 0.169. The summed E-state index contributed by atoms with van der Waals surface area (Å²) in [4.78, 5) is 26.1. The molecule has 0 N–H and O–H groups in total. The molecule has 1 amide bonds. The van der Waals surface area contributed by atoms with E-state index in [4.69, 9.17) is 18.9 Å². The number of hydrogen-bond donors (Lipinski definition) is 0. The molecule has 7 nitrogen and oxygen atoms in total. The molecule has 1 aromatic rings. The van der Waals surface area contributed by atoms with Crippen LogP contribution in [0.4, 0.5) is 4.79 Å². The highest BCUT2D eigenvalue weighted by molar-refractivity contribution is 5.77. The van der Waals surface area contributed by atoms with Gasteiger partial charge in [-0.3, -0.25) is 0 Å².